The molecule has 9 heteroatoms. The van der Waals surface area contributed by atoms with E-state index >= 15 is 0 Å². The summed E-state index contributed by atoms with van der Waals surface area (Å²) in [5.74, 6) is 0.643. The molecule has 1 unspecified atom stereocenters. The van der Waals surface area contributed by atoms with Gasteiger partial charge in [0, 0.05) is 12.1 Å². The van der Waals surface area contributed by atoms with E-state index < -0.39 is 11.9 Å². The molecule has 0 fully saturated rings. The molecule has 1 aliphatic carbocycles. The summed E-state index contributed by atoms with van der Waals surface area (Å²) in [6.07, 6.45) is 2.22. The molecule has 0 bridgehead atoms. The van der Waals surface area contributed by atoms with E-state index in [0.717, 1.165) is 22.3 Å². The van der Waals surface area contributed by atoms with Crippen LogP contribution in [0.2, 0.25) is 0 Å². The molecular weight excluding hydrogens is 454 g/mol. The van der Waals surface area contributed by atoms with Gasteiger partial charge in [-0.2, -0.15) is 0 Å². The standard InChI is InChI=1S/C26H21NO8/c1-30-20-8-14(9-21(31-2)24(20)35-25(28)17-4-3-5-27-17)22-16-10-19-18(33-12-34-19)7-13(16)6-15-11-32-26(29)23(15)22/h3-5,7-10,22,27H,6,11-12H2,1-2H3. The lowest BCUT2D eigenvalue weighted by atomic mass is 9.75. The monoisotopic (exact) mass is 475 g/mol. The lowest BCUT2D eigenvalue weighted by Crippen LogP contribution is -2.18. The number of H-pyrrole nitrogens is 1. The van der Waals surface area contributed by atoms with Crippen molar-refractivity contribution in [3.05, 3.63) is 76.1 Å². The summed E-state index contributed by atoms with van der Waals surface area (Å²) in [7, 11) is 2.96. The molecule has 178 valence electrons. The first-order chi connectivity index (χ1) is 17.1. The zero-order chi connectivity index (χ0) is 24.1. The quantitative estimate of drug-likeness (QED) is 0.442. The smallest absolute Gasteiger partial charge is 0.360 e. The van der Waals surface area contributed by atoms with Crippen LogP contribution < -0.4 is 23.7 Å². The molecule has 35 heavy (non-hydrogen) atoms. The summed E-state index contributed by atoms with van der Waals surface area (Å²) in [6, 6.07) is 10.7. The van der Waals surface area contributed by atoms with Crippen molar-refractivity contribution in [1.82, 2.24) is 4.98 Å². The van der Waals surface area contributed by atoms with E-state index in [0.29, 0.717) is 40.7 Å². The fourth-order valence-corrected chi connectivity index (χ4v) is 4.85. The van der Waals surface area contributed by atoms with Crippen molar-refractivity contribution < 1.29 is 38.0 Å². The van der Waals surface area contributed by atoms with Gasteiger partial charge in [0.1, 0.15) is 12.3 Å². The number of hydrogen-bond acceptors (Lipinski definition) is 8. The Morgan fingerprint density at radius 2 is 1.77 bits per heavy atom. The summed E-state index contributed by atoms with van der Waals surface area (Å²) in [4.78, 5) is 28.2. The maximum Gasteiger partial charge on any atom is 0.360 e. The summed E-state index contributed by atoms with van der Waals surface area (Å²) in [5, 5.41) is 0. The van der Waals surface area contributed by atoms with E-state index in [9.17, 15) is 9.59 Å². The van der Waals surface area contributed by atoms with E-state index in [1.165, 1.54) is 14.2 Å². The van der Waals surface area contributed by atoms with Gasteiger partial charge < -0.3 is 33.4 Å². The highest BCUT2D eigenvalue weighted by Gasteiger charge is 2.40. The van der Waals surface area contributed by atoms with Gasteiger partial charge in [0.25, 0.3) is 0 Å². The Morgan fingerprint density at radius 3 is 2.46 bits per heavy atom. The molecule has 1 N–H and O–H groups in total. The highest BCUT2D eigenvalue weighted by molar-refractivity contribution is 5.96. The molecule has 3 aliphatic rings. The van der Waals surface area contributed by atoms with Crippen LogP contribution in [0.5, 0.6) is 28.7 Å². The van der Waals surface area contributed by atoms with Gasteiger partial charge >= 0.3 is 11.9 Å². The number of aromatic nitrogens is 1. The molecule has 3 aromatic rings. The summed E-state index contributed by atoms with van der Waals surface area (Å²) in [5.41, 5.74) is 4.47. The minimum atomic E-state index is -0.584. The minimum Gasteiger partial charge on any atom is -0.493 e. The first kappa shape index (κ1) is 21.2. The van der Waals surface area contributed by atoms with E-state index in [4.69, 9.17) is 28.4 Å². The Hall–Kier alpha value is -4.40. The van der Waals surface area contributed by atoms with E-state index in [1.807, 2.05) is 12.1 Å². The normalized spacial score (nSPS) is 17.5. The Morgan fingerprint density at radius 1 is 1.03 bits per heavy atom. The third-order valence-corrected chi connectivity index (χ3v) is 6.45. The van der Waals surface area contributed by atoms with Gasteiger partial charge in [0.15, 0.2) is 23.0 Å². The molecule has 0 radical (unpaired) electrons. The average Bonchev–Trinajstić information content (AvgIpc) is 3.63. The minimum absolute atomic E-state index is 0.142. The second kappa shape index (κ2) is 8.12. The lowest BCUT2D eigenvalue weighted by molar-refractivity contribution is -0.136. The van der Waals surface area contributed by atoms with E-state index in [1.54, 1.807) is 30.5 Å². The highest BCUT2D eigenvalue weighted by Crippen LogP contribution is 2.50. The molecule has 0 amide bonds. The number of carbonyl (C=O) groups is 2. The molecule has 1 aromatic heterocycles. The summed E-state index contributed by atoms with van der Waals surface area (Å²) in [6.45, 7) is 0.402. The highest BCUT2D eigenvalue weighted by atomic mass is 16.7. The van der Waals surface area contributed by atoms with Crippen molar-refractivity contribution in [2.24, 2.45) is 0 Å². The Bertz CT molecular complexity index is 1360. The molecule has 1 atom stereocenters. The van der Waals surface area contributed by atoms with Crippen molar-refractivity contribution >= 4 is 11.9 Å². The Balaban J connectivity index is 1.48. The molecule has 0 saturated heterocycles. The molecule has 3 heterocycles. The number of aromatic amines is 1. The number of nitrogens with one attached hydrogen (secondary N) is 1. The van der Waals surface area contributed by atoms with Gasteiger partial charge in [-0.05, 0) is 65.1 Å². The van der Waals surface area contributed by atoms with Crippen LogP contribution in [0.1, 0.15) is 33.1 Å². The summed E-state index contributed by atoms with van der Waals surface area (Å²) >= 11 is 0. The van der Waals surface area contributed by atoms with Crippen LogP contribution in [-0.2, 0) is 16.0 Å². The number of esters is 2. The summed E-state index contributed by atoms with van der Waals surface area (Å²) < 4.78 is 33.4. The number of rotatable bonds is 5. The number of ether oxygens (including phenoxy) is 6. The van der Waals surface area contributed by atoms with Crippen molar-refractivity contribution in [3.63, 3.8) is 0 Å². The lowest BCUT2D eigenvalue weighted by Gasteiger charge is -2.27. The largest absolute Gasteiger partial charge is 0.493 e. The van der Waals surface area contributed by atoms with Crippen LogP contribution in [0.3, 0.4) is 0 Å². The van der Waals surface area contributed by atoms with Crippen molar-refractivity contribution in [1.29, 1.82) is 0 Å². The van der Waals surface area contributed by atoms with Crippen LogP contribution in [-0.4, -0.2) is 44.5 Å². The predicted octanol–water partition coefficient (Wildman–Crippen LogP) is 3.52. The van der Waals surface area contributed by atoms with Crippen LogP contribution in [0.25, 0.3) is 0 Å². The maximum absolute atomic E-state index is 12.8. The zero-order valence-corrected chi connectivity index (χ0v) is 19.0. The second-order valence-electron chi connectivity index (χ2n) is 8.34. The average molecular weight is 475 g/mol. The van der Waals surface area contributed by atoms with Gasteiger partial charge in [-0.15, -0.1) is 0 Å². The maximum atomic E-state index is 12.8. The fraction of sp³-hybridized carbons (Fsp3) is 0.231. The molecule has 0 spiro atoms. The van der Waals surface area contributed by atoms with Crippen molar-refractivity contribution in [2.75, 3.05) is 27.6 Å². The van der Waals surface area contributed by atoms with Crippen LogP contribution >= 0.6 is 0 Å². The second-order valence-corrected chi connectivity index (χ2v) is 8.34. The van der Waals surface area contributed by atoms with Gasteiger partial charge in [0.2, 0.25) is 12.5 Å². The fourth-order valence-electron chi connectivity index (χ4n) is 4.85. The molecular formula is C26H21NO8. The zero-order valence-electron chi connectivity index (χ0n) is 19.0. The molecule has 6 rings (SSSR count). The number of benzene rings is 2. The van der Waals surface area contributed by atoms with E-state index in [2.05, 4.69) is 4.98 Å². The SMILES string of the molecule is COc1cc(C2C3=C(COC3=O)Cc3cc4c(cc32)OCO4)cc(OC)c1OC(=O)c1ccc[nH]1. The number of cyclic esters (lactones) is 1. The molecule has 9 nitrogen and oxygen atoms in total. The van der Waals surface area contributed by atoms with Crippen LogP contribution in [0, 0.1) is 0 Å². The van der Waals surface area contributed by atoms with Gasteiger partial charge in [-0.3, -0.25) is 0 Å². The van der Waals surface area contributed by atoms with Gasteiger partial charge in [-0.25, -0.2) is 9.59 Å². The molecule has 2 aromatic carbocycles. The van der Waals surface area contributed by atoms with Crippen LogP contribution in [0.15, 0.2) is 53.7 Å². The molecule has 0 saturated carbocycles. The number of methoxy groups -OCH3 is 2. The third kappa shape index (κ3) is 3.39. The van der Waals surface area contributed by atoms with Crippen molar-refractivity contribution in [3.8, 4) is 28.7 Å². The first-order valence-electron chi connectivity index (χ1n) is 11.0. The van der Waals surface area contributed by atoms with E-state index in [-0.39, 0.29) is 25.1 Å². The molecule has 2 aliphatic heterocycles. The Labute approximate surface area is 200 Å². The number of hydrogen-bond donors (Lipinski definition) is 1. The Kier molecular flexibility index (Phi) is 4.91. The first-order valence-corrected chi connectivity index (χ1v) is 11.0. The van der Waals surface area contributed by atoms with Gasteiger partial charge in [-0.1, -0.05) is 0 Å². The number of fused-ring (bicyclic) bond motifs is 2. The van der Waals surface area contributed by atoms with Crippen molar-refractivity contribution in [2.45, 2.75) is 12.3 Å². The topological polar surface area (TPSA) is 105 Å². The third-order valence-electron chi connectivity index (χ3n) is 6.45. The number of carbonyl (C=O) groups excluding carboxylic acids is 2. The predicted molar refractivity (Wildman–Crippen MR) is 121 cm³/mol. The van der Waals surface area contributed by atoms with Crippen LogP contribution in [0.4, 0.5) is 0 Å². The van der Waals surface area contributed by atoms with Gasteiger partial charge in [0.05, 0.1) is 19.8 Å².